The van der Waals surface area contributed by atoms with Gasteiger partial charge in [0.25, 0.3) is 21.6 Å². The van der Waals surface area contributed by atoms with Crippen molar-refractivity contribution in [1.82, 2.24) is 4.72 Å². The van der Waals surface area contributed by atoms with E-state index < -0.39 is 37.3 Å². The van der Waals surface area contributed by atoms with Crippen LogP contribution < -0.4 is 4.72 Å². The number of hydrogen-bond donors (Lipinski definition) is 1. The van der Waals surface area contributed by atoms with E-state index in [9.17, 15) is 27.7 Å². The molecule has 0 bridgehead atoms. The number of rotatable bonds is 4. The molecule has 7 nitrogen and oxygen atoms in total. The summed E-state index contributed by atoms with van der Waals surface area (Å²) in [6.45, 7) is 0. The Labute approximate surface area is 148 Å². The smallest absolute Gasteiger partial charge is 0.268 e. The van der Waals surface area contributed by atoms with Crippen LogP contribution in [0.4, 0.5) is 10.1 Å². The van der Waals surface area contributed by atoms with Crippen molar-refractivity contribution in [3.05, 3.63) is 67.4 Å². The maximum absolute atomic E-state index is 13.4. The molecule has 2 aromatic rings. The zero-order valence-electron chi connectivity index (χ0n) is 11.5. The summed E-state index contributed by atoms with van der Waals surface area (Å²) < 4.78 is 39.7. The summed E-state index contributed by atoms with van der Waals surface area (Å²) in [5.41, 5.74) is -0.830. The van der Waals surface area contributed by atoms with Gasteiger partial charge in [-0.1, -0.05) is 11.6 Å². The summed E-state index contributed by atoms with van der Waals surface area (Å²) in [4.78, 5) is 21.1. The number of non-ortho nitro benzene ring substituents is 1. The Morgan fingerprint density at radius 1 is 1.25 bits per heavy atom. The monoisotopic (exact) mass is 436 g/mol. The standard InChI is InChI=1S/C13H7BrClFN2O5S/c14-12-2-1-7(15)3-11(12)13(19)17-24(22,23)10-5-8(16)4-9(6-10)18(20)21/h1-6H,(H,17,19). The SMILES string of the molecule is O=C(NS(=O)(=O)c1cc(F)cc([N+](=O)[O-])c1)c1cc(Cl)ccc1Br. The third kappa shape index (κ3) is 4.08. The van der Waals surface area contributed by atoms with Gasteiger partial charge in [-0.25, -0.2) is 17.5 Å². The maximum atomic E-state index is 13.4. The first kappa shape index (κ1) is 18.3. The Hall–Kier alpha value is -2.04. The fraction of sp³-hybridized carbons (Fsp3) is 0. The van der Waals surface area contributed by atoms with Crippen LogP contribution in [-0.4, -0.2) is 19.2 Å². The summed E-state index contributed by atoms with van der Waals surface area (Å²) in [5.74, 6) is -2.16. The van der Waals surface area contributed by atoms with Crippen LogP contribution in [0.5, 0.6) is 0 Å². The van der Waals surface area contributed by atoms with Gasteiger partial charge in [0.1, 0.15) is 5.82 Å². The number of carbonyl (C=O) groups excluding carboxylic acids is 1. The molecular weight excluding hydrogens is 431 g/mol. The number of sulfonamides is 1. The van der Waals surface area contributed by atoms with Crippen LogP contribution in [0.15, 0.2) is 45.8 Å². The molecule has 126 valence electrons. The molecule has 0 spiro atoms. The van der Waals surface area contributed by atoms with E-state index in [-0.39, 0.29) is 15.1 Å². The first-order chi connectivity index (χ1) is 11.1. The zero-order chi connectivity index (χ0) is 18.1. The summed E-state index contributed by atoms with van der Waals surface area (Å²) in [7, 11) is -4.52. The minimum Gasteiger partial charge on any atom is -0.268 e. The molecule has 0 aromatic heterocycles. The van der Waals surface area contributed by atoms with E-state index in [1.807, 2.05) is 0 Å². The number of halogens is 3. The average molecular weight is 438 g/mol. The van der Waals surface area contributed by atoms with Gasteiger partial charge in [0.05, 0.1) is 21.4 Å². The van der Waals surface area contributed by atoms with Crippen molar-refractivity contribution in [1.29, 1.82) is 0 Å². The Kier molecular flexibility index (Phi) is 5.21. The van der Waals surface area contributed by atoms with Crippen LogP contribution >= 0.6 is 27.5 Å². The Morgan fingerprint density at radius 3 is 2.54 bits per heavy atom. The largest absolute Gasteiger partial charge is 0.273 e. The lowest BCUT2D eigenvalue weighted by Crippen LogP contribution is -2.31. The van der Waals surface area contributed by atoms with E-state index in [1.54, 1.807) is 4.72 Å². The van der Waals surface area contributed by atoms with E-state index in [1.165, 1.54) is 18.2 Å². The zero-order valence-corrected chi connectivity index (χ0v) is 14.7. The molecule has 0 radical (unpaired) electrons. The minimum absolute atomic E-state index is 0.0722. The summed E-state index contributed by atoms with van der Waals surface area (Å²) >= 11 is 8.82. The molecule has 0 heterocycles. The number of hydrogen-bond acceptors (Lipinski definition) is 5. The molecule has 1 N–H and O–H groups in total. The van der Waals surface area contributed by atoms with Crippen molar-refractivity contribution in [2.75, 3.05) is 0 Å². The molecule has 11 heteroatoms. The van der Waals surface area contributed by atoms with Crippen molar-refractivity contribution in [3.8, 4) is 0 Å². The van der Waals surface area contributed by atoms with E-state index in [2.05, 4.69) is 15.9 Å². The van der Waals surface area contributed by atoms with E-state index in [0.717, 1.165) is 0 Å². The van der Waals surface area contributed by atoms with Gasteiger partial charge in [-0.15, -0.1) is 0 Å². The molecule has 0 unspecified atom stereocenters. The lowest BCUT2D eigenvalue weighted by molar-refractivity contribution is -0.385. The van der Waals surface area contributed by atoms with E-state index in [4.69, 9.17) is 11.6 Å². The third-order valence-electron chi connectivity index (χ3n) is 2.78. The Bertz CT molecular complexity index is 951. The number of nitro benzene ring substituents is 1. The highest BCUT2D eigenvalue weighted by Crippen LogP contribution is 2.23. The second-order valence-corrected chi connectivity index (χ2v) is 7.43. The maximum Gasteiger partial charge on any atom is 0.273 e. The summed E-state index contributed by atoms with van der Waals surface area (Å²) in [6, 6.07) is 5.92. The molecular formula is C13H7BrClFN2O5S. The van der Waals surface area contributed by atoms with Gasteiger partial charge >= 0.3 is 0 Å². The molecule has 2 rings (SSSR count). The number of benzene rings is 2. The van der Waals surface area contributed by atoms with E-state index in [0.29, 0.717) is 18.2 Å². The van der Waals surface area contributed by atoms with Gasteiger partial charge in [-0.05, 0) is 40.2 Å². The third-order valence-corrected chi connectivity index (χ3v) is 5.01. The number of nitrogens with one attached hydrogen (secondary N) is 1. The molecule has 24 heavy (non-hydrogen) atoms. The molecule has 0 fully saturated rings. The van der Waals surface area contributed by atoms with Crippen molar-refractivity contribution in [2.45, 2.75) is 4.90 Å². The first-order valence-corrected chi connectivity index (χ1v) is 8.73. The van der Waals surface area contributed by atoms with Gasteiger partial charge in [0, 0.05) is 15.6 Å². The topological polar surface area (TPSA) is 106 Å². The average Bonchev–Trinajstić information content (AvgIpc) is 2.48. The number of carbonyl (C=O) groups is 1. The molecule has 1 amide bonds. The highest BCUT2D eigenvalue weighted by Gasteiger charge is 2.23. The lowest BCUT2D eigenvalue weighted by atomic mass is 10.2. The van der Waals surface area contributed by atoms with Gasteiger partial charge in [-0.2, -0.15) is 0 Å². The Morgan fingerprint density at radius 2 is 1.92 bits per heavy atom. The molecule has 0 aliphatic carbocycles. The van der Waals surface area contributed by atoms with Gasteiger partial charge in [-0.3, -0.25) is 14.9 Å². The van der Waals surface area contributed by atoms with Crippen molar-refractivity contribution in [3.63, 3.8) is 0 Å². The quantitative estimate of drug-likeness (QED) is 0.583. The number of nitro groups is 1. The normalized spacial score (nSPS) is 11.1. The summed E-state index contributed by atoms with van der Waals surface area (Å²) in [5, 5.41) is 10.9. The number of amides is 1. The number of nitrogens with zero attached hydrogens (tertiary/aromatic N) is 1. The van der Waals surface area contributed by atoms with Crippen LogP contribution in [0.1, 0.15) is 10.4 Å². The van der Waals surface area contributed by atoms with Crippen molar-refractivity contribution < 1.29 is 22.5 Å². The fourth-order valence-corrected chi connectivity index (χ4v) is 3.33. The van der Waals surface area contributed by atoms with Gasteiger partial charge < -0.3 is 0 Å². The molecule has 0 atom stereocenters. The van der Waals surface area contributed by atoms with Crippen LogP contribution in [-0.2, 0) is 10.0 Å². The molecule has 0 aliphatic rings. The highest BCUT2D eigenvalue weighted by molar-refractivity contribution is 9.10. The molecule has 0 aliphatic heterocycles. The van der Waals surface area contributed by atoms with Crippen molar-refractivity contribution in [2.24, 2.45) is 0 Å². The van der Waals surface area contributed by atoms with E-state index >= 15 is 0 Å². The second-order valence-electron chi connectivity index (χ2n) is 4.46. The van der Waals surface area contributed by atoms with Crippen LogP contribution in [0, 0.1) is 15.9 Å². The molecule has 0 saturated heterocycles. The Balaban J connectivity index is 2.40. The summed E-state index contributed by atoms with van der Waals surface area (Å²) in [6.07, 6.45) is 0. The van der Waals surface area contributed by atoms with Crippen LogP contribution in [0.3, 0.4) is 0 Å². The van der Waals surface area contributed by atoms with Crippen LogP contribution in [0.2, 0.25) is 5.02 Å². The molecule has 0 saturated carbocycles. The highest BCUT2D eigenvalue weighted by atomic mass is 79.9. The lowest BCUT2D eigenvalue weighted by Gasteiger charge is -2.09. The predicted molar refractivity (Wildman–Crippen MR) is 86.9 cm³/mol. The van der Waals surface area contributed by atoms with Crippen LogP contribution in [0.25, 0.3) is 0 Å². The first-order valence-electron chi connectivity index (χ1n) is 6.07. The minimum atomic E-state index is -4.52. The van der Waals surface area contributed by atoms with Gasteiger partial charge in [0.15, 0.2) is 0 Å². The second kappa shape index (κ2) is 6.83. The molecule has 2 aromatic carbocycles. The van der Waals surface area contributed by atoms with Gasteiger partial charge in [0.2, 0.25) is 0 Å². The van der Waals surface area contributed by atoms with Crippen molar-refractivity contribution >= 4 is 49.1 Å². The fourth-order valence-electron chi connectivity index (χ4n) is 1.72. The predicted octanol–water partition coefficient (Wildman–Crippen LogP) is 3.27.